The zero-order valence-electron chi connectivity index (χ0n) is 10.8. The maximum Gasteiger partial charge on any atom is 0.240 e. The summed E-state index contributed by atoms with van der Waals surface area (Å²) in [5, 5.41) is 18.9. The fraction of sp³-hybridized carbons (Fsp3) is 0.500. The van der Waals surface area contributed by atoms with E-state index in [4.69, 9.17) is 5.73 Å². The first kappa shape index (κ1) is 14.1. The number of phenols is 1. The molecule has 1 aliphatic rings. The molecule has 0 radical (unpaired) electrons. The maximum absolute atomic E-state index is 12.2. The van der Waals surface area contributed by atoms with Crippen LogP contribution in [0.1, 0.15) is 20.3 Å². The molecule has 1 aromatic carbocycles. The van der Waals surface area contributed by atoms with Gasteiger partial charge < -0.3 is 15.9 Å². The molecule has 0 spiro atoms. The smallest absolute Gasteiger partial charge is 0.240 e. The second kappa shape index (κ2) is 4.36. The largest absolute Gasteiger partial charge is 0.506 e. The van der Waals surface area contributed by atoms with Crippen LogP contribution in [0.3, 0.4) is 0 Å². The topological polar surface area (TPSA) is 113 Å². The molecule has 0 saturated heterocycles. The number of benzene rings is 1. The molecule has 0 aromatic heterocycles. The van der Waals surface area contributed by atoms with E-state index in [-0.39, 0.29) is 22.4 Å². The Morgan fingerprint density at radius 1 is 1.42 bits per heavy atom. The molecular weight excluding hydrogens is 268 g/mol. The Kier molecular flexibility index (Phi) is 3.24. The lowest BCUT2D eigenvalue weighted by atomic mass is 9.65. The third-order valence-electron chi connectivity index (χ3n) is 3.82. The monoisotopic (exact) mass is 286 g/mol. The van der Waals surface area contributed by atoms with Crippen LogP contribution in [0.4, 0.5) is 5.69 Å². The molecule has 2 unspecified atom stereocenters. The molecule has 0 bridgehead atoms. The van der Waals surface area contributed by atoms with Crippen LogP contribution in [0.15, 0.2) is 23.1 Å². The number of anilines is 1. The van der Waals surface area contributed by atoms with E-state index in [1.165, 1.54) is 18.2 Å². The van der Waals surface area contributed by atoms with Crippen molar-refractivity contribution in [2.75, 3.05) is 5.73 Å². The summed E-state index contributed by atoms with van der Waals surface area (Å²) in [6, 6.07) is 3.42. The van der Waals surface area contributed by atoms with Crippen molar-refractivity contribution in [1.82, 2.24) is 4.72 Å². The van der Waals surface area contributed by atoms with Crippen molar-refractivity contribution < 1.29 is 18.6 Å². The first-order valence-electron chi connectivity index (χ1n) is 5.93. The van der Waals surface area contributed by atoms with Gasteiger partial charge in [0.05, 0.1) is 16.7 Å². The Bertz CT molecular complexity index is 598. The maximum atomic E-state index is 12.2. The van der Waals surface area contributed by atoms with Crippen molar-refractivity contribution in [3.63, 3.8) is 0 Å². The van der Waals surface area contributed by atoms with Gasteiger partial charge >= 0.3 is 0 Å². The SMILES string of the molecule is CC1(C)C(O)CC1NS(=O)(=O)c1ccc(O)c(N)c1. The molecule has 1 aliphatic carbocycles. The highest BCUT2D eigenvalue weighted by Gasteiger charge is 2.48. The van der Waals surface area contributed by atoms with Gasteiger partial charge in [0, 0.05) is 11.5 Å². The molecule has 6 nitrogen and oxygen atoms in total. The highest BCUT2D eigenvalue weighted by molar-refractivity contribution is 7.89. The third kappa shape index (κ3) is 2.41. The van der Waals surface area contributed by atoms with Crippen LogP contribution in [-0.2, 0) is 10.0 Å². The van der Waals surface area contributed by atoms with E-state index in [9.17, 15) is 18.6 Å². The van der Waals surface area contributed by atoms with Crippen LogP contribution in [0.2, 0.25) is 0 Å². The van der Waals surface area contributed by atoms with E-state index in [2.05, 4.69) is 4.72 Å². The number of rotatable bonds is 3. The van der Waals surface area contributed by atoms with Gasteiger partial charge in [-0.15, -0.1) is 0 Å². The Morgan fingerprint density at radius 3 is 2.53 bits per heavy atom. The van der Waals surface area contributed by atoms with Gasteiger partial charge in [-0.05, 0) is 24.6 Å². The summed E-state index contributed by atoms with van der Waals surface area (Å²) in [6.07, 6.45) is -0.120. The molecule has 0 heterocycles. The van der Waals surface area contributed by atoms with Gasteiger partial charge in [0.25, 0.3) is 0 Å². The van der Waals surface area contributed by atoms with E-state index >= 15 is 0 Å². The molecule has 2 rings (SSSR count). The number of phenolic OH excluding ortho intramolecular Hbond substituents is 1. The second-order valence-electron chi connectivity index (χ2n) is 5.47. The van der Waals surface area contributed by atoms with Crippen LogP contribution >= 0.6 is 0 Å². The van der Waals surface area contributed by atoms with Gasteiger partial charge in [0.1, 0.15) is 5.75 Å². The lowest BCUT2D eigenvalue weighted by Crippen LogP contribution is -2.61. The van der Waals surface area contributed by atoms with E-state index < -0.39 is 21.5 Å². The first-order chi connectivity index (χ1) is 8.64. The number of hydrogen-bond acceptors (Lipinski definition) is 5. The van der Waals surface area contributed by atoms with E-state index in [1.54, 1.807) is 13.8 Å². The van der Waals surface area contributed by atoms with Gasteiger partial charge in [-0.2, -0.15) is 0 Å². The molecule has 0 aliphatic heterocycles. The van der Waals surface area contributed by atoms with Crippen molar-refractivity contribution in [3.8, 4) is 5.75 Å². The van der Waals surface area contributed by atoms with Crippen LogP contribution < -0.4 is 10.5 Å². The quantitative estimate of drug-likeness (QED) is 0.475. The van der Waals surface area contributed by atoms with Crippen LogP contribution in [0.25, 0.3) is 0 Å². The summed E-state index contributed by atoms with van der Waals surface area (Å²) in [4.78, 5) is -0.00000945. The number of hydrogen-bond donors (Lipinski definition) is 4. The summed E-state index contributed by atoms with van der Waals surface area (Å²) < 4.78 is 26.9. The average Bonchev–Trinajstić information content (AvgIpc) is 2.32. The van der Waals surface area contributed by atoms with Gasteiger partial charge in [0.2, 0.25) is 10.0 Å². The lowest BCUT2D eigenvalue weighted by molar-refractivity contribution is -0.0645. The molecule has 7 heteroatoms. The number of nitrogens with two attached hydrogens (primary N) is 1. The number of nitrogens with one attached hydrogen (secondary N) is 1. The average molecular weight is 286 g/mol. The van der Waals surface area contributed by atoms with Crippen LogP contribution in [0.5, 0.6) is 5.75 Å². The van der Waals surface area contributed by atoms with E-state index in [0.29, 0.717) is 6.42 Å². The van der Waals surface area contributed by atoms with Gasteiger partial charge in [-0.25, -0.2) is 13.1 Å². The van der Waals surface area contributed by atoms with Gasteiger partial charge in [0.15, 0.2) is 0 Å². The Morgan fingerprint density at radius 2 is 2.05 bits per heavy atom. The highest BCUT2D eigenvalue weighted by atomic mass is 32.2. The third-order valence-corrected chi connectivity index (χ3v) is 5.29. The fourth-order valence-electron chi connectivity index (χ4n) is 2.06. The lowest BCUT2D eigenvalue weighted by Gasteiger charge is -2.49. The Labute approximate surface area is 112 Å². The summed E-state index contributed by atoms with van der Waals surface area (Å²) in [5.41, 5.74) is 5.01. The molecule has 1 aromatic rings. The Balaban J connectivity index is 2.22. The van der Waals surface area contributed by atoms with E-state index in [1.807, 2.05) is 0 Å². The zero-order valence-corrected chi connectivity index (χ0v) is 11.6. The van der Waals surface area contributed by atoms with Crippen molar-refractivity contribution in [2.45, 2.75) is 37.3 Å². The highest BCUT2D eigenvalue weighted by Crippen LogP contribution is 2.41. The summed E-state index contributed by atoms with van der Waals surface area (Å²) >= 11 is 0. The molecule has 5 N–H and O–H groups in total. The standard InChI is InChI=1S/C12H18N2O4S/c1-12(2)10(6-11(12)16)14-19(17,18)7-3-4-9(15)8(13)5-7/h3-5,10-11,14-16H,6,13H2,1-2H3. The molecule has 0 amide bonds. The minimum Gasteiger partial charge on any atom is -0.506 e. The summed E-state index contributed by atoms with van der Waals surface area (Å²) in [5.74, 6) is -0.154. The molecule has 106 valence electrons. The number of aromatic hydroxyl groups is 1. The molecule has 19 heavy (non-hydrogen) atoms. The fourth-order valence-corrected chi connectivity index (χ4v) is 3.50. The van der Waals surface area contributed by atoms with Crippen molar-refractivity contribution in [2.24, 2.45) is 5.41 Å². The predicted molar refractivity (Wildman–Crippen MR) is 71.0 cm³/mol. The van der Waals surface area contributed by atoms with Gasteiger partial charge in [-0.3, -0.25) is 0 Å². The minimum atomic E-state index is -3.71. The number of nitrogen functional groups attached to an aromatic ring is 1. The predicted octanol–water partition coefficient (Wildman–Crippen LogP) is 0.412. The van der Waals surface area contributed by atoms with Crippen LogP contribution in [-0.4, -0.2) is 30.8 Å². The number of aliphatic hydroxyl groups excluding tert-OH is 1. The summed E-state index contributed by atoms with van der Waals surface area (Å²) in [7, 11) is -3.71. The van der Waals surface area contributed by atoms with Crippen molar-refractivity contribution >= 4 is 15.7 Å². The number of aliphatic hydroxyl groups is 1. The molecule has 1 saturated carbocycles. The molecule has 1 fully saturated rings. The molecular formula is C12H18N2O4S. The van der Waals surface area contributed by atoms with Crippen molar-refractivity contribution in [3.05, 3.63) is 18.2 Å². The van der Waals surface area contributed by atoms with E-state index in [0.717, 1.165) is 0 Å². The first-order valence-corrected chi connectivity index (χ1v) is 7.42. The molecule has 2 atom stereocenters. The number of sulfonamides is 1. The summed E-state index contributed by atoms with van der Waals surface area (Å²) in [6.45, 7) is 3.61. The Hall–Kier alpha value is -1.31. The van der Waals surface area contributed by atoms with Crippen LogP contribution in [0, 0.1) is 5.41 Å². The normalized spacial score (nSPS) is 25.8. The van der Waals surface area contributed by atoms with Gasteiger partial charge in [-0.1, -0.05) is 13.8 Å². The minimum absolute atomic E-state index is 0.00000945. The van der Waals surface area contributed by atoms with Crippen molar-refractivity contribution in [1.29, 1.82) is 0 Å². The second-order valence-corrected chi connectivity index (χ2v) is 7.18. The zero-order chi connectivity index (χ0) is 14.4.